The summed E-state index contributed by atoms with van der Waals surface area (Å²) in [5.74, 6) is -0.0663. The number of nitrogens with zero attached hydrogens (tertiary/aromatic N) is 4. The van der Waals surface area contributed by atoms with E-state index in [1.165, 1.54) is 6.33 Å². The van der Waals surface area contributed by atoms with Crippen LogP contribution in [0.2, 0.25) is 0 Å². The van der Waals surface area contributed by atoms with Gasteiger partial charge in [0.25, 0.3) is 0 Å². The first-order valence-corrected chi connectivity index (χ1v) is 6.92. The van der Waals surface area contributed by atoms with E-state index < -0.39 is 12.0 Å². The quantitative estimate of drug-likeness (QED) is 0.536. The molecule has 2 aromatic rings. The number of ether oxygens (including phenoxy) is 2. The van der Waals surface area contributed by atoms with E-state index in [0.717, 1.165) is 0 Å². The third-order valence-electron chi connectivity index (χ3n) is 3.12. The van der Waals surface area contributed by atoms with Gasteiger partial charge < -0.3 is 20.9 Å². The molecule has 0 fully saturated rings. The van der Waals surface area contributed by atoms with Gasteiger partial charge in [-0.05, 0) is 5.92 Å². The van der Waals surface area contributed by atoms with Crippen molar-refractivity contribution in [3.05, 3.63) is 12.7 Å². The summed E-state index contributed by atoms with van der Waals surface area (Å²) < 4.78 is 12.1. The number of rotatable bonds is 7. The summed E-state index contributed by atoms with van der Waals surface area (Å²) >= 11 is 0. The van der Waals surface area contributed by atoms with Gasteiger partial charge in [0.1, 0.15) is 31.2 Å². The first-order valence-electron chi connectivity index (χ1n) is 6.92. The molecule has 0 aliphatic heterocycles. The van der Waals surface area contributed by atoms with Gasteiger partial charge in [-0.15, -0.1) is 0 Å². The Morgan fingerprint density at radius 2 is 2.09 bits per heavy atom. The van der Waals surface area contributed by atoms with Crippen LogP contribution >= 0.6 is 0 Å². The van der Waals surface area contributed by atoms with E-state index in [1.54, 1.807) is 10.9 Å². The Kier molecular flexibility index (Phi) is 5.23. The van der Waals surface area contributed by atoms with Gasteiger partial charge in [-0.1, -0.05) is 13.8 Å². The third-order valence-corrected chi connectivity index (χ3v) is 3.12. The molecule has 0 spiro atoms. The second kappa shape index (κ2) is 7.14. The van der Waals surface area contributed by atoms with E-state index in [0.29, 0.717) is 17.0 Å². The molecule has 1 atom stereocenters. The lowest BCUT2D eigenvalue weighted by Gasteiger charge is -2.14. The minimum atomic E-state index is -0.614. The van der Waals surface area contributed by atoms with Gasteiger partial charge in [0.05, 0.1) is 12.9 Å². The molecule has 0 saturated heterocycles. The average Bonchev–Trinajstić information content (AvgIpc) is 2.90. The Morgan fingerprint density at radius 1 is 1.32 bits per heavy atom. The minimum absolute atomic E-state index is 0.0378. The second-order valence-corrected chi connectivity index (χ2v) is 5.12. The molecule has 1 unspecified atom stereocenters. The zero-order chi connectivity index (χ0) is 16.1. The van der Waals surface area contributed by atoms with E-state index in [4.69, 9.17) is 20.9 Å². The van der Waals surface area contributed by atoms with Gasteiger partial charge in [-0.25, -0.2) is 15.0 Å². The monoisotopic (exact) mass is 308 g/mol. The number of nitrogens with two attached hydrogens (primary N) is 2. The average molecular weight is 308 g/mol. The van der Waals surface area contributed by atoms with E-state index in [2.05, 4.69) is 15.0 Å². The Bertz CT molecular complexity index is 642. The number of carbonyl (C=O) groups excluding carboxylic acids is 1. The highest BCUT2D eigenvalue weighted by atomic mass is 16.6. The summed E-state index contributed by atoms with van der Waals surface area (Å²) in [6, 6.07) is -0.614. The van der Waals surface area contributed by atoms with Gasteiger partial charge in [-0.2, -0.15) is 0 Å². The smallest absolute Gasteiger partial charge is 0.323 e. The molecule has 22 heavy (non-hydrogen) atoms. The highest BCUT2D eigenvalue weighted by Crippen LogP contribution is 2.13. The minimum Gasteiger partial charge on any atom is -0.462 e. The number of imidazole rings is 1. The molecule has 0 saturated carbocycles. The molecule has 2 heterocycles. The highest BCUT2D eigenvalue weighted by Gasteiger charge is 2.18. The van der Waals surface area contributed by atoms with Crippen LogP contribution in [-0.4, -0.2) is 44.7 Å². The number of aromatic nitrogens is 4. The van der Waals surface area contributed by atoms with Crippen LogP contribution < -0.4 is 11.5 Å². The van der Waals surface area contributed by atoms with Crippen LogP contribution in [-0.2, 0) is 21.0 Å². The molecule has 2 rings (SSSR count). The summed E-state index contributed by atoms with van der Waals surface area (Å²) in [6.45, 7) is 4.33. The van der Waals surface area contributed by atoms with E-state index in [1.807, 2.05) is 13.8 Å². The number of carbonyl (C=O) groups is 1. The summed E-state index contributed by atoms with van der Waals surface area (Å²) in [6.07, 6.45) is 2.93. The van der Waals surface area contributed by atoms with Crippen molar-refractivity contribution in [1.29, 1.82) is 0 Å². The van der Waals surface area contributed by atoms with E-state index >= 15 is 0 Å². The molecule has 120 valence electrons. The van der Waals surface area contributed by atoms with Gasteiger partial charge in [0, 0.05) is 0 Å². The molecule has 9 heteroatoms. The summed E-state index contributed by atoms with van der Waals surface area (Å²) in [7, 11) is 0. The molecule has 0 aromatic carbocycles. The lowest BCUT2D eigenvalue weighted by Crippen LogP contribution is -2.37. The van der Waals surface area contributed by atoms with Crippen molar-refractivity contribution in [2.24, 2.45) is 11.7 Å². The largest absolute Gasteiger partial charge is 0.462 e. The SMILES string of the molecule is CC(C)C(N)C(=O)OCCOCn1cnc2c(N)ncnc21. The van der Waals surface area contributed by atoms with Gasteiger partial charge in [-0.3, -0.25) is 9.36 Å². The van der Waals surface area contributed by atoms with Crippen molar-refractivity contribution in [3.63, 3.8) is 0 Å². The molecular formula is C13H20N6O3. The molecule has 0 radical (unpaired) electrons. The fourth-order valence-electron chi connectivity index (χ4n) is 1.73. The van der Waals surface area contributed by atoms with Crippen molar-refractivity contribution in [2.75, 3.05) is 18.9 Å². The first-order chi connectivity index (χ1) is 10.5. The standard InChI is InChI=1S/C13H20N6O3/c1-8(2)9(14)13(20)22-4-3-21-7-19-6-18-10-11(15)16-5-17-12(10)19/h5-6,8-9H,3-4,7,14H2,1-2H3,(H2,15,16,17). The second-order valence-electron chi connectivity index (χ2n) is 5.12. The maximum Gasteiger partial charge on any atom is 0.323 e. The van der Waals surface area contributed by atoms with E-state index in [-0.39, 0.29) is 25.9 Å². The number of esters is 1. The summed E-state index contributed by atoms with van der Waals surface area (Å²) in [5.41, 5.74) is 12.5. The zero-order valence-electron chi connectivity index (χ0n) is 12.6. The molecule has 4 N–H and O–H groups in total. The van der Waals surface area contributed by atoms with Crippen molar-refractivity contribution < 1.29 is 14.3 Å². The van der Waals surface area contributed by atoms with Crippen LogP contribution in [0.25, 0.3) is 11.2 Å². The normalized spacial score (nSPS) is 12.7. The Balaban J connectivity index is 1.77. The Morgan fingerprint density at radius 3 is 2.82 bits per heavy atom. The lowest BCUT2D eigenvalue weighted by molar-refractivity contribution is -0.148. The topological polar surface area (TPSA) is 131 Å². The number of hydrogen-bond donors (Lipinski definition) is 2. The van der Waals surface area contributed by atoms with Gasteiger partial charge in [0.15, 0.2) is 11.5 Å². The molecule has 2 aromatic heterocycles. The summed E-state index contributed by atoms with van der Waals surface area (Å²) in [5, 5.41) is 0. The highest BCUT2D eigenvalue weighted by molar-refractivity contribution is 5.81. The van der Waals surface area contributed by atoms with Crippen LogP contribution in [0.3, 0.4) is 0 Å². The van der Waals surface area contributed by atoms with Crippen molar-refractivity contribution >= 4 is 23.0 Å². The molecule has 0 amide bonds. The van der Waals surface area contributed by atoms with Gasteiger partial charge >= 0.3 is 5.97 Å². The Labute approximate surface area is 127 Å². The van der Waals surface area contributed by atoms with E-state index in [9.17, 15) is 4.79 Å². The van der Waals surface area contributed by atoms with Crippen molar-refractivity contribution in [1.82, 2.24) is 19.5 Å². The summed E-state index contributed by atoms with van der Waals surface area (Å²) in [4.78, 5) is 23.6. The Hall–Kier alpha value is -2.26. The fraction of sp³-hybridized carbons (Fsp3) is 0.538. The zero-order valence-corrected chi connectivity index (χ0v) is 12.6. The first kappa shape index (κ1) is 16.1. The number of nitrogen functional groups attached to an aromatic ring is 1. The van der Waals surface area contributed by atoms with Gasteiger partial charge in [0.2, 0.25) is 0 Å². The van der Waals surface area contributed by atoms with Crippen LogP contribution in [0, 0.1) is 5.92 Å². The lowest BCUT2D eigenvalue weighted by atomic mass is 10.1. The van der Waals surface area contributed by atoms with Crippen LogP contribution in [0.5, 0.6) is 0 Å². The molecular weight excluding hydrogens is 288 g/mol. The van der Waals surface area contributed by atoms with Crippen LogP contribution in [0.1, 0.15) is 13.8 Å². The number of anilines is 1. The maximum atomic E-state index is 11.5. The maximum absolute atomic E-state index is 11.5. The fourth-order valence-corrected chi connectivity index (χ4v) is 1.73. The van der Waals surface area contributed by atoms with Crippen molar-refractivity contribution in [2.45, 2.75) is 26.6 Å². The predicted octanol–water partition coefficient (Wildman–Crippen LogP) is -0.0909. The number of fused-ring (bicyclic) bond motifs is 1. The van der Waals surface area contributed by atoms with Crippen molar-refractivity contribution in [3.8, 4) is 0 Å². The molecule has 0 bridgehead atoms. The predicted molar refractivity (Wildman–Crippen MR) is 79.5 cm³/mol. The van der Waals surface area contributed by atoms with Crippen LogP contribution in [0.15, 0.2) is 12.7 Å². The number of hydrogen-bond acceptors (Lipinski definition) is 8. The molecule has 9 nitrogen and oxygen atoms in total. The van der Waals surface area contributed by atoms with Crippen LogP contribution in [0.4, 0.5) is 5.82 Å². The molecule has 0 aliphatic carbocycles. The molecule has 0 aliphatic rings. The third kappa shape index (κ3) is 3.68.